The lowest BCUT2D eigenvalue weighted by molar-refractivity contribution is -0.0229. The van der Waals surface area contributed by atoms with E-state index in [1.807, 2.05) is 6.07 Å². The number of aliphatic hydroxyl groups excluding tert-OH is 1. The van der Waals surface area contributed by atoms with Gasteiger partial charge in [0.15, 0.2) is 0 Å². The molecule has 0 aliphatic rings. The van der Waals surface area contributed by atoms with Crippen LogP contribution in [0.4, 0.5) is 0 Å². The molecule has 0 fully saturated rings. The van der Waals surface area contributed by atoms with Gasteiger partial charge in [-0.25, -0.2) is 0 Å². The van der Waals surface area contributed by atoms with E-state index in [1.165, 1.54) is 0 Å². The second-order valence-electron chi connectivity index (χ2n) is 10.8. The van der Waals surface area contributed by atoms with Crippen LogP contribution in [0.3, 0.4) is 0 Å². The van der Waals surface area contributed by atoms with Gasteiger partial charge in [-0.05, 0) is 12.8 Å². The van der Waals surface area contributed by atoms with Crippen molar-refractivity contribution in [2.75, 3.05) is 205 Å². The lowest BCUT2D eigenvalue weighted by Gasteiger charge is -2.08. The molecule has 0 rings (SSSR count). The SMILES string of the molecule is CCCOCCOCCOCCOCCOCCOCCOCCO.CCCOCCOCCOCCOCCOCCOCCOCCOCCC#N. The quantitative estimate of drug-likeness (QED) is 0.0883. The third-order valence-electron chi connectivity index (χ3n) is 6.13. The maximum atomic E-state index is 8.51. The first kappa shape index (κ1) is 54.9. The molecule has 0 atom stereocenters. The molecule has 0 aromatic rings. The van der Waals surface area contributed by atoms with Crippen molar-refractivity contribution in [3.63, 3.8) is 0 Å². The zero-order valence-electron chi connectivity index (χ0n) is 33.6. The van der Waals surface area contributed by atoms with Crippen molar-refractivity contribution in [2.24, 2.45) is 0 Å². The first-order valence-corrected chi connectivity index (χ1v) is 19.5. The first-order valence-electron chi connectivity index (χ1n) is 19.5. The van der Waals surface area contributed by atoms with Crippen molar-refractivity contribution in [1.29, 1.82) is 5.26 Å². The van der Waals surface area contributed by atoms with Crippen LogP contribution in [0, 0.1) is 11.3 Å². The third-order valence-corrected chi connectivity index (χ3v) is 6.13. The Morgan fingerprint density at radius 3 is 0.611 bits per heavy atom. The summed E-state index contributed by atoms with van der Waals surface area (Å²) in [6.45, 7) is 20.8. The van der Waals surface area contributed by atoms with Gasteiger partial charge in [0.1, 0.15) is 0 Å². The fourth-order valence-corrected chi connectivity index (χ4v) is 3.53. The normalized spacial score (nSPS) is 11.1. The van der Waals surface area contributed by atoms with E-state index in [4.69, 9.17) is 81.4 Å². The van der Waals surface area contributed by atoms with Crippen LogP contribution in [-0.4, -0.2) is 210 Å². The Balaban J connectivity index is 0. The molecule has 0 saturated heterocycles. The summed E-state index contributed by atoms with van der Waals surface area (Å²) in [6, 6.07) is 2.02. The summed E-state index contributed by atoms with van der Waals surface area (Å²) in [5.74, 6) is 0. The summed E-state index contributed by atoms with van der Waals surface area (Å²) in [7, 11) is 0. The highest BCUT2D eigenvalue weighted by Gasteiger charge is 1.97. The van der Waals surface area contributed by atoms with Crippen LogP contribution >= 0.6 is 0 Å². The minimum atomic E-state index is 0.0382. The van der Waals surface area contributed by atoms with Gasteiger partial charge in [-0.3, -0.25) is 0 Å². The highest BCUT2D eigenvalue weighted by atomic mass is 16.6. The average Bonchev–Trinajstić information content (AvgIpc) is 3.18. The van der Waals surface area contributed by atoms with Crippen LogP contribution in [0.25, 0.3) is 0 Å². The Kier molecular flexibility index (Phi) is 57.2. The molecule has 0 spiro atoms. The molecule has 1 N–H and O–H groups in total. The summed E-state index contributed by atoms with van der Waals surface area (Å²) in [5, 5.41) is 16.9. The Bertz CT molecular complexity index is 658. The summed E-state index contributed by atoms with van der Waals surface area (Å²) >= 11 is 0. The standard InChI is InChI=1S/C20H39NO8.C17H36O8/c1-2-5-22-7-9-24-11-13-26-15-17-28-19-20-29-18-16-27-14-12-25-10-8-23-6-3-4-21;1-2-4-19-6-8-21-10-12-23-14-16-25-17-15-24-13-11-22-9-7-20-5-3-18/h2-3,5-20H2,1H3;18H,2-17H2,1H3. The number of aliphatic hydroxyl groups is 1. The van der Waals surface area contributed by atoms with Crippen molar-refractivity contribution in [3.8, 4) is 6.07 Å². The van der Waals surface area contributed by atoms with E-state index in [-0.39, 0.29) is 6.61 Å². The van der Waals surface area contributed by atoms with Gasteiger partial charge >= 0.3 is 0 Å². The van der Waals surface area contributed by atoms with E-state index in [2.05, 4.69) is 13.8 Å². The number of ether oxygens (including phenoxy) is 15. The average molecular weight is 790 g/mol. The largest absolute Gasteiger partial charge is 0.394 e. The number of nitrogens with zero attached hydrogens (tertiary/aromatic N) is 1. The molecule has 17 heteroatoms. The number of rotatable bonds is 47. The lowest BCUT2D eigenvalue weighted by Crippen LogP contribution is -2.15. The fraction of sp³-hybridized carbons (Fsp3) is 0.973. The molecule has 0 radical (unpaired) electrons. The molecule has 0 saturated carbocycles. The van der Waals surface area contributed by atoms with E-state index in [0.717, 1.165) is 26.1 Å². The molecule has 324 valence electrons. The second kappa shape index (κ2) is 56.2. The molecule has 17 nitrogen and oxygen atoms in total. The van der Waals surface area contributed by atoms with E-state index in [9.17, 15) is 0 Å². The molecule has 0 heterocycles. The van der Waals surface area contributed by atoms with E-state index in [1.54, 1.807) is 0 Å². The van der Waals surface area contributed by atoms with Gasteiger partial charge in [0.2, 0.25) is 0 Å². The molecule has 0 bridgehead atoms. The molecule has 0 aromatic heterocycles. The summed E-state index contributed by atoms with van der Waals surface area (Å²) in [6.07, 6.45) is 2.47. The van der Waals surface area contributed by atoms with Crippen LogP contribution in [0.15, 0.2) is 0 Å². The second-order valence-corrected chi connectivity index (χ2v) is 10.8. The minimum Gasteiger partial charge on any atom is -0.394 e. The predicted octanol–water partition coefficient (Wildman–Crippen LogP) is 1.95. The van der Waals surface area contributed by atoms with Crippen molar-refractivity contribution in [3.05, 3.63) is 0 Å². The number of hydrogen-bond acceptors (Lipinski definition) is 17. The van der Waals surface area contributed by atoms with Crippen LogP contribution < -0.4 is 0 Å². The minimum absolute atomic E-state index is 0.0382. The van der Waals surface area contributed by atoms with Gasteiger partial charge in [0.05, 0.1) is 204 Å². The molecule has 0 aliphatic heterocycles. The van der Waals surface area contributed by atoms with E-state index >= 15 is 0 Å². The Morgan fingerprint density at radius 2 is 0.444 bits per heavy atom. The lowest BCUT2D eigenvalue weighted by atomic mass is 10.5. The molecular formula is C37H75NO16. The monoisotopic (exact) mass is 790 g/mol. The van der Waals surface area contributed by atoms with Crippen LogP contribution in [0.5, 0.6) is 0 Å². The van der Waals surface area contributed by atoms with Gasteiger partial charge < -0.3 is 76.2 Å². The zero-order valence-corrected chi connectivity index (χ0v) is 33.6. The van der Waals surface area contributed by atoms with Gasteiger partial charge in [-0.15, -0.1) is 0 Å². The van der Waals surface area contributed by atoms with E-state index < -0.39 is 0 Å². The third kappa shape index (κ3) is 57.6. The molecule has 0 aromatic carbocycles. The topological polar surface area (TPSA) is 182 Å². The van der Waals surface area contributed by atoms with Crippen molar-refractivity contribution < 1.29 is 76.2 Å². The van der Waals surface area contributed by atoms with Crippen molar-refractivity contribution in [2.45, 2.75) is 33.1 Å². The number of hydrogen-bond donors (Lipinski definition) is 1. The highest BCUT2D eigenvalue weighted by Crippen LogP contribution is 1.88. The van der Waals surface area contributed by atoms with Gasteiger partial charge in [-0.2, -0.15) is 5.26 Å². The fourth-order valence-electron chi connectivity index (χ4n) is 3.53. The molecular weight excluding hydrogens is 714 g/mol. The molecule has 54 heavy (non-hydrogen) atoms. The maximum Gasteiger partial charge on any atom is 0.0701 e. The Hall–Kier alpha value is -1.15. The maximum absolute atomic E-state index is 8.51. The van der Waals surface area contributed by atoms with Crippen LogP contribution in [0.2, 0.25) is 0 Å². The Labute approximate surface area is 325 Å². The predicted molar refractivity (Wildman–Crippen MR) is 200 cm³/mol. The van der Waals surface area contributed by atoms with Crippen LogP contribution in [-0.2, 0) is 71.1 Å². The smallest absolute Gasteiger partial charge is 0.0701 e. The summed E-state index contributed by atoms with van der Waals surface area (Å²) in [4.78, 5) is 0. The highest BCUT2D eigenvalue weighted by molar-refractivity contribution is 4.66. The van der Waals surface area contributed by atoms with Crippen LogP contribution in [0.1, 0.15) is 33.1 Å². The van der Waals surface area contributed by atoms with Crippen molar-refractivity contribution in [1.82, 2.24) is 0 Å². The Morgan fingerprint density at radius 1 is 0.278 bits per heavy atom. The molecule has 0 unspecified atom stereocenters. The van der Waals surface area contributed by atoms with Gasteiger partial charge in [0, 0.05) is 13.2 Å². The zero-order chi connectivity index (χ0) is 39.4. The van der Waals surface area contributed by atoms with Crippen molar-refractivity contribution >= 4 is 0 Å². The van der Waals surface area contributed by atoms with Gasteiger partial charge in [-0.1, -0.05) is 13.8 Å². The molecule has 0 amide bonds. The summed E-state index contributed by atoms with van der Waals surface area (Å²) < 4.78 is 79.9. The van der Waals surface area contributed by atoms with Gasteiger partial charge in [0.25, 0.3) is 0 Å². The molecule has 0 aliphatic carbocycles. The first-order chi connectivity index (χ1) is 26.8. The summed E-state index contributed by atoms with van der Waals surface area (Å²) in [5.41, 5.74) is 0. The number of nitriles is 1. The van der Waals surface area contributed by atoms with E-state index in [0.29, 0.717) is 191 Å².